The van der Waals surface area contributed by atoms with Gasteiger partial charge in [0.2, 0.25) is 5.91 Å². The van der Waals surface area contributed by atoms with E-state index < -0.39 is 0 Å². The fourth-order valence-electron chi connectivity index (χ4n) is 3.86. The molecular formula is C20H19N3O3. The number of amides is 1. The predicted molar refractivity (Wildman–Crippen MR) is 97.9 cm³/mol. The Morgan fingerprint density at radius 3 is 2.73 bits per heavy atom. The van der Waals surface area contributed by atoms with Crippen LogP contribution in [0, 0.1) is 0 Å². The van der Waals surface area contributed by atoms with E-state index in [2.05, 4.69) is 10.6 Å². The molecule has 6 nitrogen and oxygen atoms in total. The molecule has 132 valence electrons. The number of hydrogen-bond acceptors (Lipinski definition) is 4. The van der Waals surface area contributed by atoms with Gasteiger partial charge >= 0.3 is 0 Å². The SMILES string of the molecule is Cn1c(C2CC(=O)N(c3ccc4c(c3)OCCO4)C2)nc2ccccc21. The van der Waals surface area contributed by atoms with Crippen molar-refractivity contribution >= 4 is 22.6 Å². The number of rotatable bonds is 2. The number of fused-ring (bicyclic) bond motifs is 2. The molecule has 0 saturated carbocycles. The highest BCUT2D eigenvalue weighted by Crippen LogP contribution is 2.38. The van der Waals surface area contributed by atoms with E-state index >= 15 is 0 Å². The molecule has 1 saturated heterocycles. The highest BCUT2D eigenvalue weighted by Gasteiger charge is 2.34. The number of imidazole rings is 1. The number of nitrogens with zero attached hydrogens (tertiary/aromatic N) is 3. The highest BCUT2D eigenvalue weighted by atomic mass is 16.6. The molecule has 0 radical (unpaired) electrons. The molecule has 1 atom stereocenters. The summed E-state index contributed by atoms with van der Waals surface area (Å²) >= 11 is 0. The van der Waals surface area contributed by atoms with E-state index in [-0.39, 0.29) is 11.8 Å². The number of anilines is 1. The Hall–Kier alpha value is -3.02. The van der Waals surface area contributed by atoms with Crippen molar-refractivity contribution in [2.45, 2.75) is 12.3 Å². The summed E-state index contributed by atoms with van der Waals surface area (Å²) in [5, 5.41) is 0. The maximum Gasteiger partial charge on any atom is 0.227 e. The summed E-state index contributed by atoms with van der Waals surface area (Å²) in [4.78, 5) is 19.3. The quantitative estimate of drug-likeness (QED) is 0.714. The first-order valence-corrected chi connectivity index (χ1v) is 8.82. The average molecular weight is 349 g/mol. The molecular weight excluding hydrogens is 330 g/mol. The Morgan fingerprint density at radius 2 is 1.88 bits per heavy atom. The number of ether oxygens (including phenoxy) is 2. The molecule has 6 heteroatoms. The van der Waals surface area contributed by atoms with Crippen molar-refractivity contribution in [3.63, 3.8) is 0 Å². The summed E-state index contributed by atoms with van der Waals surface area (Å²) in [7, 11) is 2.02. The number of para-hydroxylation sites is 2. The van der Waals surface area contributed by atoms with Gasteiger partial charge in [0.15, 0.2) is 11.5 Å². The van der Waals surface area contributed by atoms with Crippen molar-refractivity contribution in [1.82, 2.24) is 9.55 Å². The third-order valence-electron chi connectivity index (χ3n) is 5.15. The van der Waals surface area contributed by atoms with Crippen molar-refractivity contribution in [3.05, 3.63) is 48.3 Å². The molecule has 1 aromatic heterocycles. The van der Waals surface area contributed by atoms with Gasteiger partial charge in [-0.05, 0) is 24.3 Å². The zero-order chi connectivity index (χ0) is 17.7. The third kappa shape index (κ3) is 2.33. The monoisotopic (exact) mass is 349 g/mol. The topological polar surface area (TPSA) is 56.6 Å². The number of benzene rings is 2. The van der Waals surface area contributed by atoms with E-state index in [0.29, 0.717) is 31.9 Å². The lowest BCUT2D eigenvalue weighted by Gasteiger charge is -2.22. The molecule has 0 N–H and O–H groups in total. The maximum absolute atomic E-state index is 12.7. The molecule has 26 heavy (non-hydrogen) atoms. The van der Waals surface area contributed by atoms with Crippen LogP contribution in [0.1, 0.15) is 18.2 Å². The summed E-state index contributed by atoms with van der Waals surface area (Å²) in [6.45, 7) is 1.71. The van der Waals surface area contributed by atoms with Gasteiger partial charge in [0.25, 0.3) is 0 Å². The van der Waals surface area contributed by atoms with Crippen LogP contribution in [0.3, 0.4) is 0 Å². The van der Waals surface area contributed by atoms with E-state index in [1.54, 1.807) is 0 Å². The summed E-state index contributed by atoms with van der Waals surface area (Å²) in [5.41, 5.74) is 2.91. The molecule has 5 rings (SSSR count). The average Bonchev–Trinajstić information content (AvgIpc) is 3.22. The molecule has 1 amide bonds. The van der Waals surface area contributed by atoms with E-state index in [1.807, 2.05) is 48.3 Å². The van der Waals surface area contributed by atoms with Crippen molar-refractivity contribution in [2.75, 3.05) is 24.7 Å². The lowest BCUT2D eigenvalue weighted by molar-refractivity contribution is -0.117. The van der Waals surface area contributed by atoms with E-state index in [1.165, 1.54) is 0 Å². The van der Waals surface area contributed by atoms with Crippen molar-refractivity contribution < 1.29 is 14.3 Å². The van der Waals surface area contributed by atoms with Crippen LogP contribution < -0.4 is 14.4 Å². The van der Waals surface area contributed by atoms with Gasteiger partial charge in [0.1, 0.15) is 19.0 Å². The first-order valence-electron chi connectivity index (χ1n) is 8.82. The van der Waals surface area contributed by atoms with Gasteiger partial charge in [-0.2, -0.15) is 0 Å². The predicted octanol–water partition coefficient (Wildman–Crippen LogP) is 2.87. The van der Waals surface area contributed by atoms with Crippen molar-refractivity contribution in [1.29, 1.82) is 0 Å². The molecule has 1 fully saturated rings. The zero-order valence-electron chi connectivity index (χ0n) is 14.5. The normalized spacial score (nSPS) is 19.3. The first kappa shape index (κ1) is 15.3. The molecule has 2 aliphatic heterocycles. The largest absolute Gasteiger partial charge is 0.486 e. The number of carbonyl (C=O) groups is 1. The Bertz CT molecular complexity index is 1010. The summed E-state index contributed by atoms with van der Waals surface area (Å²) < 4.78 is 13.3. The third-order valence-corrected chi connectivity index (χ3v) is 5.15. The van der Waals surface area contributed by atoms with Crippen molar-refractivity contribution in [2.24, 2.45) is 7.05 Å². The second-order valence-electron chi connectivity index (χ2n) is 6.75. The van der Waals surface area contributed by atoms with Crippen molar-refractivity contribution in [3.8, 4) is 11.5 Å². The van der Waals surface area contributed by atoms with Crippen LogP contribution in [-0.4, -0.2) is 35.2 Å². The van der Waals surface area contributed by atoms with Crippen LogP contribution in [0.25, 0.3) is 11.0 Å². The van der Waals surface area contributed by atoms with E-state index in [4.69, 9.17) is 14.5 Å². The summed E-state index contributed by atoms with van der Waals surface area (Å²) in [6, 6.07) is 13.7. The lowest BCUT2D eigenvalue weighted by Crippen LogP contribution is -2.25. The second kappa shape index (κ2) is 5.76. The van der Waals surface area contributed by atoms with Crippen LogP contribution in [0.15, 0.2) is 42.5 Å². The van der Waals surface area contributed by atoms with Gasteiger partial charge in [-0.3, -0.25) is 4.79 Å². The zero-order valence-corrected chi connectivity index (χ0v) is 14.5. The lowest BCUT2D eigenvalue weighted by atomic mass is 10.1. The summed E-state index contributed by atoms with van der Waals surface area (Å²) in [6.07, 6.45) is 0.464. The molecule has 0 bridgehead atoms. The highest BCUT2D eigenvalue weighted by molar-refractivity contribution is 5.96. The van der Waals surface area contributed by atoms with Gasteiger partial charge in [0, 0.05) is 37.7 Å². The van der Waals surface area contributed by atoms with Crippen LogP contribution in [0.5, 0.6) is 11.5 Å². The molecule has 0 aliphatic carbocycles. The number of aromatic nitrogens is 2. The van der Waals surface area contributed by atoms with Crippen LogP contribution in [0.4, 0.5) is 5.69 Å². The van der Waals surface area contributed by atoms with Gasteiger partial charge in [0.05, 0.1) is 11.0 Å². The minimum Gasteiger partial charge on any atom is -0.486 e. The number of carbonyl (C=O) groups excluding carboxylic acids is 1. The summed E-state index contributed by atoms with van der Waals surface area (Å²) in [5.74, 6) is 2.58. The van der Waals surface area contributed by atoms with Crippen LogP contribution in [0.2, 0.25) is 0 Å². The number of aryl methyl sites for hydroxylation is 1. The smallest absolute Gasteiger partial charge is 0.227 e. The molecule has 3 aromatic rings. The standard InChI is InChI=1S/C20H19N3O3/c1-22-16-5-3-2-4-15(16)21-20(22)13-10-19(24)23(12-13)14-6-7-17-18(11-14)26-9-8-25-17/h2-7,11,13H,8-10,12H2,1H3. The van der Waals surface area contributed by atoms with Gasteiger partial charge in [-0.15, -0.1) is 0 Å². The van der Waals surface area contributed by atoms with Crippen LogP contribution >= 0.6 is 0 Å². The van der Waals surface area contributed by atoms with Gasteiger partial charge in [-0.1, -0.05) is 12.1 Å². The van der Waals surface area contributed by atoms with Gasteiger partial charge < -0.3 is 18.9 Å². The Balaban J connectivity index is 1.46. The second-order valence-corrected chi connectivity index (χ2v) is 6.75. The van der Waals surface area contributed by atoms with Gasteiger partial charge in [-0.25, -0.2) is 4.98 Å². The minimum absolute atomic E-state index is 0.0769. The Morgan fingerprint density at radius 1 is 1.08 bits per heavy atom. The molecule has 1 unspecified atom stereocenters. The Labute approximate surface area is 151 Å². The number of hydrogen-bond donors (Lipinski definition) is 0. The first-order chi connectivity index (χ1) is 12.7. The van der Waals surface area contributed by atoms with E-state index in [0.717, 1.165) is 28.3 Å². The van der Waals surface area contributed by atoms with Crippen LogP contribution in [-0.2, 0) is 11.8 Å². The fraction of sp³-hybridized carbons (Fsp3) is 0.300. The molecule has 2 aliphatic rings. The molecule has 2 aromatic carbocycles. The molecule has 0 spiro atoms. The van der Waals surface area contributed by atoms with E-state index in [9.17, 15) is 4.79 Å². The fourth-order valence-corrected chi connectivity index (χ4v) is 3.86. The Kier molecular flexibility index (Phi) is 3.38. The molecule has 3 heterocycles. The minimum atomic E-state index is 0.0769. The maximum atomic E-state index is 12.7.